The molecule has 12 heteroatoms. The zero-order chi connectivity index (χ0) is 23.5. The summed E-state index contributed by atoms with van der Waals surface area (Å²) in [4.78, 5) is 13.4. The van der Waals surface area contributed by atoms with Gasteiger partial charge in [0.05, 0.1) is 16.9 Å². The van der Waals surface area contributed by atoms with Crippen LogP contribution in [-0.2, 0) is 16.4 Å². The van der Waals surface area contributed by atoms with Gasteiger partial charge in [-0.05, 0) is 36.2 Å². The van der Waals surface area contributed by atoms with Crippen LogP contribution in [0.15, 0.2) is 47.4 Å². The summed E-state index contributed by atoms with van der Waals surface area (Å²) in [7, 11) is -4.09. The molecular weight excluding hydrogens is 451 g/mol. The third-order valence-corrected chi connectivity index (χ3v) is 6.74. The van der Waals surface area contributed by atoms with Crippen LogP contribution in [-0.4, -0.2) is 57.0 Å². The van der Waals surface area contributed by atoms with Gasteiger partial charge < -0.3 is 9.64 Å². The molecular formula is C20H22F3N3O5S. The Balaban J connectivity index is 1.78. The minimum absolute atomic E-state index is 0.0995. The molecule has 1 heterocycles. The summed E-state index contributed by atoms with van der Waals surface area (Å²) in [5.41, 5.74) is -5.03. The van der Waals surface area contributed by atoms with Crippen LogP contribution in [0, 0.1) is 10.1 Å². The Labute approximate surface area is 183 Å². The third-order valence-electron chi connectivity index (χ3n) is 5.25. The molecule has 1 aliphatic rings. The molecule has 174 valence electrons. The Hall–Kier alpha value is -2.86. The summed E-state index contributed by atoms with van der Waals surface area (Å²) in [5, 5.41) is 11.5. The number of nitro benzene ring substituents is 1. The first-order chi connectivity index (χ1) is 15.0. The first kappa shape index (κ1) is 23.8. The molecule has 0 aliphatic carbocycles. The normalized spacial score (nSPS) is 15.9. The van der Waals surface area contributed by atoms with Crippen LogP contribution in [0.4, 0.5) is 24.5 Å². The molecule has 2 aromatic carbocycles. The van der Waals surface area contributed by atoms with Gasteiger partial charge in [0.25, 0.3) is 15.5 Å². The fourth-order valence-corrected chi connectivity index (χ4v) is 4.36. The molecule has 1 aliphatic heterocycles. The van der Waals surface area contributed by atoms with E-state index in [9.17, 15) is 31.7 Å². The number of ether oxygens (including phenoxy) is 1. The van der Waals surface area contributed by atoms with Gasteiger partial charge in [-0.1, -0.05) is 12.1 Å². The number of rotatable bonds is 6. The first-order valence-electron chi connectivity index (χ1n) is 9.73. The maximum absolute atomic E-state index is 12.8. The quantitative estimate of drug-likeness (QED) is 0.467. The summed E-state index contributed by atoms with van der Waals surface area (Å²) in [6.45, 7) is 2.83. The number of benzene rings is 2. The van der Waals surface area contributed by atoms with Crippen molar-refractivity contribution in [3.8, 4) is 5.75 Å². The van der Waals surface area contributed by atoms with E-state index in [0.29, 0.717) is 38.7 Å². The van der Waals surface area contributed by atoms with E-state index in [1.165, 1.54) is 0 Å². The molecule has 0 amide bonds. The lowest BCUT2D eigenvalue weighted by molar-refractivity contribution is -0.384. The van der Waals surface area contributed by atoms with Crippen molar-refractivity contribution in [3.05, 3.63) is 58.1 Å². The van der Waals surface area contributed by atoms with Crippen molar-refractivity contribution in [3.63, 3.8) is 0 Å². The van der Waals surface area contributed by atoms with E-state index in [1.54, 1.807) is 12.0 Å². The largest absolute Gasteiger partial charge is 0.501 e. The lowest BCUT2D eigenvalue weighted by atomic mass is 10.2. The second kappa shape index (κ2) is 9.33. The summed E-state index contributed by atoms with van der Waals surface area (Å²) >= 11 is 0. The van der Waals surface area contributed by atoms with Crippen LogP contribution in [0.3, 0.4) is 0 Å². The number of halogens is 3. The second-order valence-electron chi connectivity index (χ2n) is 7.32. The van der Waals surface area contributed by atoms with Gasteiger partial charge >= 0.3 is 5.51 Å². The molecule has 0 saturated carbocycles. The van der Waals surface area contributed by atoms with Crippen LogP contribution in [0.1, 0.15) is 12.0 Å². The van der Waals surface area contributed by atoms with E-state index < -0.39 is 30.9 Å². The minimum atomic E-state index is -5.68. The summed E-state index contributed by atoms with van der Waals surface area (Å²) in [5.74, 6) is 0.749. The van der Waals surface area contributed by atoms with Gasteiger partial charge in [0.1, 0.15) is 11.4 Å². The van der Waals surface area contributed by atoms with E-state index in [-0.39, 0.29) is 5.69 Å². The number of nitrogens with zero attached hydrogens (tertiary/aromatic N) is 3. The molecule has 1 saturated heterocycles. The molecule has 32 heavy (non-hydrogen) atoms. The highest BCUT2D eigenvalue weighted by Gasteiger charge is 2.47. The lowest BCUT2D eigenvalue weighted by Gasteiger charge is -2.24. The number of nitro groups is 1. The number of hydrogen-bond acceptors (Lipinski definition) is 7. The van der Waals surface area contributed by atoms with Gasteiger partial charge in [-0.3, -0.25) is 15.0 Å². The third kappa shape index (κ3) is 5.13. The van der Waals surface area contributed by atoms with E-state index in [4.69, 9.17) is 4.74 Å². The predicted octanol–water partition coefficient (Wildman–Crippen LogP) is 3.61. The molecule has 0 bridgehead atoms. The monoisotopic (exact) mass is 473 g/mol. The van der Waals surface area contributed by atoms with Gasteiger partial charge in [0, 0.05) is 38.8 Å². The standard InChI is InChI=1S/C20H22F3N3O5S/c1-31-16-5-3-15(4-6-16)14-24-9-2-10-25(12-11-24)18-8-7-17(13-19(18)26(27)28)32(29,30)20(21,22)23/h3-8,13H,2,9-12,14H2,1H3. The Bertz CT molecular complexity index is 1070. The number of anilines is 1. The molecule has 0 radical (unpaired) electrons. The van der Waals surface area contributed by atoms with E-state index >= 15 is 0 Å². The fraction of sp³-hybridized carbons (Fsp3) is 0.400. The smallest absolute Gasteiger partial charge is 0.497 e. The van der Waals surface area contributed by atoms with Crippen LogP contribution >= 0.6 is 0 Å². The van der Waals surface area contributed by atoms with Gasteiger partial charge in [-0.2, -0.15) is 13.2 Å². The molecule has 1 fully saturated rings. The van der Waals surface area contributed by atoms with Gasteiger partial charge in [-0.25, -0.2) is 8.42 Å². The molecule has 0 unspecified atom stereocenters. The van der Waals surface area contributed by atoms with Crippen molar-refractivity contribution in [2.24, 2.45) is 0 Å². The molecule has 0 spiro atoms. The zero-order valence-corrected chi connectivity index (χ0v) is 18.0. The highest BCUT2D eigenvalue weighted by molar-refractivity contribution is 7.92. The Morgan fingerprint density at radius 2 is 1.75 bits per heavy atom. The van der Waals surface area contributed by atoms with Crippen molar-refractivity contribution >= 4 is 21.2 Å². The van der Waals surface area contributed by atoms with Crippen LogP contribution in [0.25, 0.3) is 0 Å². The Morgan fingerprint density at radius 3 is 2.34 bits per heavy atom. The number of methoxy groups -OCH3 is 1. The summed E-state index contributed by atoms with van der Waals surface area (Å²) in [6, 6.07) is 9.95. The van der Waals surface area contributed by atoms with Crippen LogP contribution < -0.4 is 9.64 Å². The highest BCUT2D eigenvalue weighted by atomic mass is 32.2. The SMILES string of the molecule is COc1ccc(CN2CCCN(c3ccc(S(=O)(=O)C(F)(F)F)cc3[N+](=O)[O-])CC2)cc1. The zero-order valence-electron chi connectivity index (χ0n) is 17.2. The van der Waals surface area contributed by atoms with Crippen molar-refractivity contribution in [2.75, 3.05) is 38.2 Å². The Kier molecular flexibility index (Phi) is 6.94. The molecule has 0 N–H and O–H groups in total. The fourth-order valence-electron chi connectivity index (χ4n) is 3.58. The minimum Gasteiger partial charge on any atom is -0.497 e. The lowest BCUT2D eigenvalue weighted by Crippen LogP contribution is -2.31. The van der Waals surface area contributed by atoms with E-state index in [1.807, 2.05) is 24.3 Å². The topological polar surface area (TPSA) is 93.0 Å². The summed E-state index contributed by atoms with van der Waals surface area (Å²) < 4.78 is 67.0. The van der Waals surface area contributed by atoms with Crippen molar-refractivity contribution in [2.45, 2.75) is 23.4 Å². The van der Waals surface area contributed by atoms with Gasteiger partial charge in [0.2, 0.25) is 0 Å². The van der Waals surface area contributed by atoms with Crippen molar-refractivity contribution < 1.29 is 31.2 Å². The van der Waals surface area contributed by atoms with Crippen molar-refractivity contribution in [1.29, 1.82) is 0 Å². The maximum atomic E-state index is 12.8. The number of sulfone groups is 1. The molecule has 0 atom stereocenters. The summed E-state index contributed by atoms with van der Waals surface area (Å²) in [6.07, 6.45) is 0.676. The molecule has 2 aromatic rings. The first-order valence-corrected chi connectivity index (χ1v) is 11.2. The highest BCUT2D eigenvalue weighted by Crippen LogP contribution is 2.36. The number of hydrogen-bond donors (Lipinski definition) is 0. The Morgan fingerprint density at radius 1 is 1.06 bits per heavy atom. The van der Waals surface area contributed by atoms with Crippen molar-refractivity contribution in [1.82, 2.24) is 4.90 Å². The molecule has 3 rings (SSSR count). The predicted molar refractivity (Wildman–Crippen MR) is 111 cm³/mol. The van der Waals surface area contributed by atoms with Crippen LogP contribution in [0.5, 0.6) is 5.75 Å². The maximum Gasteiger partial charge on any atom is 0.501 e. The molecule has 8 nitrogen and oxygen atoms in total. The van der Waals surface area contributed by atoms with E-state index in [0.717, 1.165) is 30.0 Å². The van der Waals surface area contributed by atoms with E-state index in [2.05, 4.69) is 4.90 Å². The van der Waals surface area contributed by atoms with Gasteiger partial charge in [0.15, 0.2) is 0 Å². The van der Waals surface area contributed by atoms with Gasteiger partial charge in [-0.15, -0.1) is 0 Å². The average molecular weight is 473 g/mol. The second-order valence-corrected chi connectivity index (χ2v) is 9.26. The number of alkyl halides is 3. The van der Waals surface area contributed by atoms with Crippen LogP contribution in [0.2, 0.25) is 0 Å². The molecule has 0 aromatic heterocycles. The average Bonchev–Trinajstić information content (AvgIpc) is 2.98.